The van der Waals surface area contributed by atoms with Crippen LogP contribution in [0.3, 0.4) is 0 Å². The molecule has 0 amide bonds. The van der Waals surface area contributed by atoms with Crippen molar-refractivity contribution in [3.05, 3.63) is 29.8 Å². The molecule has 19 heavy (non-hydrogen) atoms. The Morgan fingerprint density at radius 3 is 2.32 bits per heavy atom. The monoisotopic (exact) mass is 266 g/mol. The van der Waals surface area contributed by atoms with Gasteiger partial charge in [0.05, 0.1) is 18.2 Å². The van der Waals surface area contributed by atoms with Crippen LogP contribution in [0.5, 0.6) is 5.75 Å². The molecule has 0 saturated carbocycles. The number of nitrogens with one attached hydrogen (secondary N) is 1. The molecule has 0 bridgehead atoms. The Kier molecular flexibility index (Phi) is 6.28. The van der Waals surface area contributed by atoms with Crippen molar-refractivity contribution in [3.8, 4) is 5.75 Å². The summed E-state index contributed by atoms with van der Waals surface area (Å²) in [5, 5.41) is 0. The smallest absolute Gasteiger partial charge is 0.119 e. The lowest BCUT2D eigenvalue weighted by Crippen LogP contribution is -2.44. The second-order valence-corrected chi connectivity index (χ2v) is 5.05. The molecule has 1 rings (SSSR count). The van der Waals surface area contributed by atoms with Crippen molar-refractivity contribution in [1.29, 1.82) is 0 Å². The molecule has 0 heterocycles. The lowest BCUT2D eigenvalue weighted by atomic mass is 9.92. The summed E-state index contributed by atoms with van der Waals surface area (Å²) >= 11 is 0. The van der Waals surface area contributed by atoms with E-state index in [2.05, 4.69) is 12.3 Å². The Labute approximate surface area is 116 Å². The molecule has 1 aromatic rings. The Bertz CT molecular complexity index is 363. The highest BCUT2D eigenvalue weighted by atomic mass is 16.5. The first kappa shape index (κ1) is 16.0. The predicted molar refractivity (Wildman–Crippen MR) is 78.0 cm³/mol. The fourth-order valence-corrected chi connectivity index (χ4v) is 2.13. The van der Waals surface area contributed by atoms with Gasteiger partial charge in [-0.1, -0.05) is 19.1 Å². The number of hydrogen-bond donors (Lipinski definition) is 2. The summed E-state index contributed by atoms with van der Waals surface area (Å²) in [7, 11) is 0. The quantitative estimate of drug-likeness (QED) is 0.561. The average Bonchev–Trinajstić information content (AvgIpc) is 2.38. The van der Waals surface area contributed by atoms with E-state index < -0.39 is 0 Å². The van der Waals surface area contributed by atoms with Gasteiger partial charge >= 0.3 is 0 Å². The van der Waals surface area contributed by atoms with Crippen LogP contribution in [0.1, 0.15) is 45.7 Å². The molecule has 0 fully saturated rings. The molecular formula is C15H26N2O2. The van der Waals surface area contributed by atoms with Gasteiger partial charge in [-0.25, -0.2) is 0 Å². The average molecular weight is 266 g/mol. The van der Waals surface area contributed by atoms with Crippen LogP contribution < -0.4 is 16.0 Å². The summed E-state index contributed by atoms with van der Waals surface area (Å²) < 4.78 is 11.3. The molecule has 0 aliphatic carbocycles. The van der Waals surface area contributed by atoms with Crippen LogP contribution in [-0.4, -0.2) is 18.8 Å². The van der Waals surface area contributed by atoms with Gasteiger partial charge in [0.15, 0.2) is 0 Å². The maximum atomic E-state index is 5.76. The first-order chi connectivity index (χ1) is 9.05. The zero-order chi connectivity index (χ0) is 14.3. The summed E-state index contributed by atoms with van der Waals surface area (Å²) in [6, 6.07) is 7.93. The van der Waals surface area contributed by atoms with Crippen molar-refractivity contribution in [3.63, 3.8) is 0 Å². The van der Waals surface area contributed by atoms with Gasteiger partial charge in [0, 0.05) is 6.61 Å². The number of ether oxygens (including phenoxy) is 2. The maximum absolute atomic E-state index is 5.76. The molecule has 0 spiro atoms. The summed E-state index contributed by atoms with van der Waals surface area (Å²) in [6.07, 6.45) is 1.01. The molecule has 1 atom stereocenters. The van der Waals surface area contributed by atoms with Gasteiger partial charge in [-0.2, -0.15) is 0 Å². The predicted octanol–water partition coefficient (Wildman–Crippen LogP) is 2.79. The number of hydrogen-bond acceptors (Lipinski definition) is 4. The fourth-order valence-electron chi connectivity index (χ4n) is 2.13. The summed E-state index contributed by atoms with van der Waals surface area (Å²) in [4.78, 5) is 0. The maximum Gasteiger partial charge on any atom is 0.119 e. The molecule has 0 aliphatic rings. The second kappa shape index (κ2) is 7.48. The van der Waals surface area contributed by atoms with Crippen LogP contribution in [0.15, 0.2) is 24.3 Å². The van der Waals surface area contributed by atoms with Gasteiger partial charge < -0.3 is 9.47 Å². The zero-order valence-electron chi connectivity index (χ0n) is 12.4. The molecule has 0 saturated heterocycles. The van der Waals surface area contributed by atoms with Crippen molar-refractivity contribution in [2.24, 2.45) is 5.84 Å². The molecule has 0 aromatic heterocycles. The van der Waals surface area contributed by atoms with E-state index in [0.717, 1.165) is 24.3 Å². The normalized spacial score (nSPS) is 13.3. The summed E-state index contributed by atoms with van der Waals surface area (Å²) in [5.74, 6) is 6.56. The summed E-state index contributed by atoms with van der Waals surface area (Å²) in [5.41, 5.74) is 3.56. The topological polar surface area (TPSA) is 56.5 Å². The van der Waals surface area contributed by atoms with Crippen LogP contribution in [0.4, 0.5) is 0 Å². The minimum Gasteiger partial charge on any atom is -0.494 e. The number of benzene rings is 1. The zero-order valence-corrected chi connectivity index (χ0v) is 12.4. The summed E-state index contributed by atoms with van der Waals surface area (Å²) in [6.45, 7) is 9.53. The molecule has 0 radical (unpaired) electrons. The fraction of sp³-hybridized carbons (Fsp3) is 0.600. The van der Waals surface area contributed by atoms with Crippen molar-refractivity contribution < 1.29 is 9.47 Å². The molecule has 1 unspecified atom stereocenters. The molecule has 4 heteroatoms. The molecular weight excluding hydrogens is 240 g/mol. The van der Waals surface area contributed by atoms with E-state index in [1.54, 1.807) is 0 Å². The molecule has 3 N–H and O–H groups in total. The third-order valence-electron chi connectivity index (χ3n) is 3.06. The minimum atomic E-state index is -0.366. The Morgan fingerprint density at radius 2 is 1.84 bits per heavy atom. The highest BCUT2D eigenvalue weighted by molar-refractivity contribution is 5.30. The molecule has 0 aliphatic heterocycles. The van der Waals surface area contributed by atoms with Crippen LogP contribution in [0, 0.1) is 0 Å². The van der Waals surface area contributed by atoms with E-state index in [9.17, 15) is 0 Å². The van der Waals surface area contributed by atoms with Crippen LogP contribution in [-0.2, 0) is 4.74 Å². The highest BCUT2D eigenvalue weighted by Crippen LogP contribution is 2.29. The van der Waals surface area contributed by atoms with Crippen molar-refractivity contribution >= 4 is 0 Å². The van der Waals surface area contributed by atoms with E-state index >= 15 is 0 Å². The van der Waals surface area contributed by atoms with Gasteiger partial charge in [-0.3, -0.25) is 11.3 Å². The third kappa shape index (κ3) is 4.49. The van der Waals surface area contributed by atoms with E-state index in [1.807, 2.05) is 45.0 Å². The van der Waals surface area contributed by atoms with E-state index in [-0.39, 0.29) is 11.6 Å². The van der Waals surface area contributed by atoms with Crippen molar-refractivity contribution in [2.75, 3.05) is 13.2 Å². The van der Waals surface area contributed by atoms with Gasteiger partial charge in [-0.05, 0) is 44.9 Å². The van der Waals surface area contributed by atoms with Gasteiger partial charge in [0.2, 0.25) is 0 Å². The number of hydrazine groups is 1. The van der Waals surface area contributed by atoms with Gasteiger partial charge in [-0.15, -0.1) is 0 Å². The van der Waals surface area contributed by atoms with E-state index in [0.29, 0.717) is 6.61 Å². The molecule has 1 aromatic carbocycles. The Balaban J connectivity index is 2.81. The molecule has 108 valence electrons. The van der Waals surface area contributed by atoms with Crippen LogP contribution >= 0.6 is 0 Å². The van der Waals surface area contributed by atoms with E-state index in [4.69, 9.17) is 15.3 Å². The van der Waals surface area contributed by atoms with Gasteiger partial charge in [0.1, 0.15) is 5.75 Å². The number of rotatable bonds is 8. The first-order valence-corrected chi connectivity index (χ1v) is 6.88. The highest BCUT2D eigenvalue weighted by Gasteiger charge is 2.30. The second-order valence-electron chi connectivity index (χ2n) is 5.05. The largest absolute Gasteiger partial charge is 0.494 e. The standard InChI is InChI=1S/C15H26N2O2/c1-5-11-18-13-9-7-12(8-10-13)14(17-16)15(3,4)19-6-2/h7-10,14,17H,5-6,11,16H2,1-4H3. The third-order valence-corrected chi connectivity index (χ3v) is 3.06. The first-order valence-electron chi connectivity index (χ1n) is 6.88. The van der Waals surface area contributed by atoms with Gasteiger partial charge in [0.25, 0.3) is 0 Å². The Morgan fingerprint density at radius 1 is 1.21 bits per heavy atom. The lowest BCUT2D eigenvalue weighted by Gasteiger charge is -2.34. The van der Waals surface area contributed by atoms with Crippen LogP contribution in [0.2, 0.25) is 0 Å². The Hall–Kier alpha value is -1.10. The van der Waals surface area contributed by atoms with Crippen LogP contribution in [0.25, 0.3) is 0 Å². The number of nitrogens with two attached hydrogens (primary N) is 1. The minimum absolute atomic E-state index is 0.0623. The SMILES string of the molecule is CCCOc1ccc(C(NN)C(C)(C)OCC)cc1. The van der Waals surface area contributed by atoms with Crippen molar-refractivity contribution in [1.82, 2.24) is 5.43 Å². The molecule has 4 nitrogen and oxygen atoms in total. The van der Waals surface area contributed by atoms with Crippen molar-refractivity contribution in [2.45, 2.75) is 45.8 Å². The van der Waals surface area contributed by atoms with E-state index in [1.165, 1.54) is 0 Å². The lowest BCUT2D eigenvalue weighted by molar-refractivity contribution is -0.0392.